The second kappa shape index (κ2) is 7.99. The average Bonchev–Trinajstić information content (AvgIpc) is 3.07. The van der Waals surface area contributed by atoms with Crippen molar-refractivity contribution < 1.29 is 4.74 Å². The third kappa shape index (κ3) is 4.47. The van der Waals surface area contributed by atoms with Gasteiger partial charge in [0.1, 0.15) is 0 Å². The Morgan fingerprint density at radius 1 is 1.14 bits per heavy atom. The summed E-state index contributed by atoms with van der Waals surface area (Å²) >= 11 is 7.65. The van der Waals surface area contributed by atoms with E-state index in [1.165, 1.54) is 37.2 Å². The second-order valence-electron chi connectivity index (χ2n) is 6.19. The maximum Gasteiger partial charge on any atom is 0.169 e. The van der Waals surface area contributed by atoms with E-state index in [-0.39, 0.29) is 0 Å². The van der Waals surface area contributed by atoms with E-state index >= 15 is 0 Å². The molecule has 1 N–H and O–H groups in total. The van der Waals surface area contributed by atoms with Crippen LogP contribution in [0.1, 0.15) is 25.7 Å². The number of thiocarbonyl (C=S) groups is 1. The van der Waals surface area contributed by atoms with Gasteiger partial charge in [-0.1, -0.05) is 0 Å². The van der Waals surface area contributed by atoms with Crippen LogP contribution in [0.5, 0.6) is 0 Å². The summed E-state index contributed by atoms with van der Waals surface area (Å²) in [7, 11) is 0. The van der Waals surface area contributed by atoms with Crippen LogP contribution in [0.3, 0.4) is 0 Å². The lowest BCUT2D eigenvalue weighted by atomic mass is 10.1. The Hall–Kier alpha value is -0.0400. The van der Waals surface area contributed by atoms with E-state index in [1.54, 1.807) is 0 Å². The molecule has 4 nitrogen and oxygen atoms in total. The molecule has 3 rings (SSSR count). The van der Waals surface area contributed by atoms with Crippen LogP contribution in [0.25, 0.3) is 0 Å². The lowest BCUT2D eigenvalue weighted by Crippen LogP contribution is -2.55. The molecule has 0 unspecified atom stereocenters. The molecule has 0 amide bonds. The van der Waals surface area contributed by atoms with E-state index in [0.29, 0.717) is 6.10 Å². The molecule has 0 radical (unpaired) electrons. The maximum atomic E-state index is 5.64. The fourth-order valence-electron chi connectivity index (χ4n) is 3.46. The second-order valence-corrected chi connectivity index (χ2v) is 7.80. The molecule has 0 aliphatic carbocycles. The summed E-state index contributed by atoms with van der Waals surface area (Å²) in [5.41, 5.74) is 0. The molecule has 0 aromatic carbocycles. The highest BCUT2D eigenvalue weighted by Crippen LogP contribution is 2.22. The van der Waals surface area contributed by atoms with Gasteiger partial charge in [-0.3, -0.25) is 4.90 Å². The third-order valence-corrected chi connectivity index (χ3v) is 6.26. The van der Waals surface area contributed by atoms with Gasteiger partial charge in [-0.15, -0.1) is 0 Å². The highest BCUT2D eigenvalue weighted by atomic mass is 32.2. The highest BCUT2D eigenvalue weighted by molar-refractivity contribution is 7.99. The molecule has 0 aromatic heterocycles. The van der Waals surface area contributed by atoms with E-state index in [9.17, 15) is 0 Å². The number of nitrogens with zero attached hydrogens (tertiary/aromatic N) is 2. The first kappa shape index (κ1) is 15.8. The van der Waals surface area contributed by atoms with Crippen molar-refractivity contribution in [1.82, 2.24) is 15.1 Å². The molecular weight excluding hydrogens is 302 g/mol. The molecule has 0 bridgehead atoms. The van der Waals surface area contributed by atoms with Crippen LogP contribution in [-0.2, 0) is 4.74 Å². The van der Waals surface area contributed by atoms with E-state index in [1.807, 2.05) is 0 Å². The molecule has 120 valence electrons. The number of nitrogens with one attached hydrogen (secondary N) is 1. The van der Waals surface area contributed by atoms with Crippen molar-refractivity contribution in [2.75, 3.05) is 50.8 Å². The van der Waals surface area contributed by atoms with Gasteiger partial charge in [-0.05, 0) is 49.4 Å². The van der Waals surface area contributed by atoms with E-state index in [0.717, 1.165) is 50.5 Å². The predicted molar refractivity (Wildman–Crippen MR) is 93.1 cm³/mol. The van der Waals surface area contributed by atoms with Crippen molar-refractivity contribution >= 4 is 29.1 Å². The Bertz CT molecular complexity index is 336. The maximum absolute atomic E-state index is 5.64. The van der Waals surface area contributed by atoms with Crippen LogP contribution < -0.4 is 5.32 Å². The van der Waals surface area contributed by atoms with Gasteiger partial charge >= 0.3 is 0 Å². The summed E-state index contributed by atoms with van der Waals surface area (Å²) in [6, 6.07) is 0.821. The van der Waals surface area contributed by atoms with Crippen LogP contribution >= 0.6 is 24.0 Å². The van der Waals surface area contributed by atoms with Crippen molar-refractivity contribution in [3.8, 4) is 0 Å². The van der Waals surface area contributed by atoms with Gasteiger partial charge in [0.25, 0.3) is 0 Å². The molecule has 3 aliphatic heterocycles. The summed E-state index contributed by atoms with van der Waals surface area (Å²) in [5, 5.41) is 4.32. The molecule has 3 fully saturated rings. The predicted octanol–water partition coefficient (Wildman–Crippen LogP) is 1.55. The lowest BCUT2D eigenvalue weighted by Gasteiger charge is -2.41. The van der Waals surface area contributed by atoms with Gasteiger partial charge < -0.3 is 15.0 Å². The Kier molecular flexibility index (Phi) is 6.03. The first-order valence-corrected chi connectivity index (χ1v) is 9.85. The van der Waals surface area contributed by atoms with Crippen LogP contribution in [-0.4, -0.2) is 77.9 Å². The topological polar surface area (TPSA) is 27.7 Å². The molecule has 21 heavy (non-hydrogen) atoms. The Labute approximate surface area is 137 Å². The minimum atomic E-state index is 0.365. The number of ether oxygens (including phenoxy) is 1. The van der Waals surface area contributed by atoms with Crippen molar-refractivity contribution in [3.05, 3.63) is 0 Å². The fourth-order valence-corrected chi connectivity index (χ4v) is 4.81. The van der Waals surface area contributed by atoms with Crippen molar-refractivity contribution in [3.63, 3.8) is 0 Å². The quantitative estimate of drug-likeness (QED) is 0.790. The molecule has 0 spiro atoms. The summed E-state index contributed by atoms with van der Waals surface area (Å²) in [5.74, 6) is 2.68. The average molecular weight is 330 g/mol. The van der Waals surface area contributed by atoms with Gasteiger partial charge in [0, 0.05) is 45.4 Å². The monoisotopic (exact) mass is 329 g/mol. The zero-order chi connectivity index (χ0) is 14.5. The molecule has 3 heterocycles. The number of hydrogen-bond donors (Lipinski definition) is 1. The zero-order valence-corrected chi connectivity index (χ0v) is 14.4. The fraction of sp³-hybridized carbons (Fsp3) is 0.933. The SMILES string of the molecule is S=C(NC[C@@H]1CCCO1)N1CCN(C2CCSCC2)CC1. The molecule has 6 heteroatoms. The van der Waals surface area contributed by atoms with Crippen molar-refractivity contribution in [1.29, 1.82) is 0 Å². The highest BCUT2D eigenvalue weighted by Gasteiger charge is 2.26. The molecule has 3 aliphatic rings. The molecule has 0 aromatic rings. The number of piperazine rings is 1. The van der Waals surface area contributed by atoms with Crippen LogP contribution in [0.2, 0.25) is 0 Å². The van der Waals surface area contributed by atoms with E-state index < -0.39 is 0 Å². The minimum Gasteiger partial charge on any atom is -0.376 e. The number of rotatable bonds is 3. The van der Waals surface area contributed by atoms with Crippen LogP contribution in [0.4, 0.5) is 0 Å². The Morgan fingerprint density at radius 2 is 1.90 bits per heavy atom. The van der Waals surface area contributed by atoms with Gasteiger partial charge in [-0.2, -0.15) is 11.8 Å². The normalized spacial score (nSPS) is 28.8. The van der Waals surface area contributed by atoms with Crippen LogP contribution in [0.15, 0.2) is 0 Å². The summed E-state index contributed by atoms with van der Waals surface area (Å²) in [6.07, 6.45) is 5.46. The molecular formula is C15H27N3OS2. The summed E-state index contributed by atoms with van der Waals surface area (Å²) in [6.45, 7) is 6.26. The van der Waals surface area contributed by atoms with Gasteiger partial charge in [0.05, 0.1) is 6.10 Å². The summed E-state index contributed by atoms with van der Waals surface area (Å²) in [4.78, 5) is 5.01. The zero-order valence-electron chi connectivity index (χ0n) is 12.8. The van der Waals surface area contributed by atoms with Gasteiger partial charge in [0.15, 0.2) is 5.11 Å². The third-order valence-electron chi connectivity index (χ3n) is 4.81. The lowest BCUT2D eigenvalue weighted by molar-refractivity contribution is 0.110. The largest absolute Gasteiger partial charge is 0.376 e. The van der Waals surface area contributed by atoms with E-state index in [4.69, 9.17) is 17.0 Å². The Morgan fingerprint density at radius 3 is 2.57 bits per heavy atom. The minimum absolute atomic E-state index is 0.365. The first-order chi connectivity index (χ1) is 10.3. The van der Waals surface area contributed by atoms with Gasteiger partial charge in [-0.25, -0.2) is 0 Å². The molecule has 3 saturated heterocycles. The first-order valence-electron chi connectivity index (χ1n) is 8.29. The molecule has 0 saturated carbocycles. The van der Waals surface area contributed by atoms with Crippen molar-refractivity contribution in [2.24, 2.45) is 0 Å². The number of hydrogen-bond acceptors (Lipinski definition) is 4. The number of thioether (sulfide) groups is 1. The van der Waals surface area contributed by atoms with Crippen LogP contribution in [0, 0.1) is 0 Å². The van der Waals surface area contributed by atoms with E-state index in [2.05, 4.69) is 26.9 Å². The van der Waals surface area contributed by atoms with Gasteiger partial charge in [0.2, 0.25) is 0 Å². The van der Waals surface area contributed by atoms with Crippen molar-refractivity contribution in [2.45, 2.75) is 37.8 Å². The smallest absolute Gasteiger partial charge is 0.169 e. The molecule has 1 atom stereocenters. The Balaban J connectivity index is 1.37. The summed E-state index contributed by atoms with van der Waals surface area (Å²) < 4.78 is 5.64. The standard InChI is InChI=1S/C15H27N3OS2/c20-15(16-12-14-2-1-9-19-14)18-7-5-17(6-8-18)13-3-10-21-11-4-13/h13-14H,1-12H2,(H,16,20)/t14-/m0/s1.